The summed E-state index contributed by atoms with van der Waals surface area (Å²) in [5.74, 6) is -1.36. The summed E-state index contributed by atoms with van der Waals surface area (Å²) in [5, 5.41) is 12.0. The molecule has 0 spiro atoms. The van der Waals surface area contributed by atoms with Gasteiger partial charge in [0, 0.05) is 13.0 Å². The minimum absolute atomic E-state index is 0.0284. The second kappa shape index (κ2) is 8.46. The predicted octanol–water partition coefficient (Wildman–Crippen LogP) is 1.09. The first-order valence-electron chi connectivity index (χ1n) is 8.53. The van der Waals surface area contributed by atoms with Crippen LogP contribution >= 0.6 is 0 Å². The van der Waals surface area contributed by atoms with E-state index >= 15 is 0 Å². The van der Waals surface area contributed by atoms with E-state index in [1.807, 2.05) is 13.8 Å². The van der Waals surface area contributed by atoms with E-state index in [2.05, 4.69) is 10.3 Å². The van der Waals surface area contributed by atoms with Crippen molar-refractivity contribution in [3.63, 3.8) is 0 Å². The van der Waals surface area contributed by atoms with E-state index in [1.54, 1.807) is 24.3 Å². The molecule has 8 heteroatoms. The van der Waals surface area contributed by atoms with Gasteiger partial charge in [0.2, 0.25) is 5.91 Å². The van der Waals surface area contributed by atoms with Crippen LogP contribution in [0.2, 0.25) is 0 Å². The third-order valence-corrected chi connectivity index (χ3v) is 4.02. The van der Waals surface area contributed by atoms with Gasteiger partial charge >= 0.3 is 11.7 Å². The average molecular weight is 361 g/mol. The molecule has 0 saturated heterocycles. The minimum atomic E-state index is -1.07. The number of carboxylic acid groups (broad SMARTS) is 1. The van der Waals surface area contributed by atoms with Gasteiger partial charge in [-0.05, 0) is 30.9 Å². The molecule has 2 rings (SSSR count). The number of carbonyl (C=O) groups is 2. The lowest BCUT2D eigenvalue weighted by atomic mass is 10.0. The fourth-order valence-electron chi connectivity index (χ4n) is 2.76. The van der Waals surface area contributed by atoms with Crippen molar-refractivity contribution in [3.05, 3.63) is 45.1 Å². The molecule has 1 aromatic heterocycles. The fraction of sp³-hybridized carbons (Fsp3) is 0.444. The number of rotatable bonds is 8. The number of carboxylic acids is 1. The smallest absolute Gasteiger partial charge is 0.328 e. The maximum Gasteiger partial charge on any atom is 0.328 e. The number of aromatic nitrogens is 2. The Morgan fingerprint density at radius 2 is 1.92 bits per heavy atom. The van der Waals surface area contributed by atoms with E-state index in [4.69, 9.17) is 5.11 Å². The highest BCUT2D eigenvalue weighted by Crippen LogP contribution is 2.06. The van der Waals surface area contributed by atoms with E-state index in [9.17, 15) is 19.2 Å². The number of aromatic amines is 1. The third kappa shape index (κ3) is 4.81. The van der Waals surface area contributed by atoms with Crippen LogP contribution in [0.3, 0.4) is 0 Å². The molecule has 2 aromatic rings. The normalized spacial score (nSPS) is 12.3. The number of hydrogen-bond acceptors (Lipinski definition) is 4. The number of nitrogens with zero attached hydrogens (tertiary/aromatic N) is 1. The molecule has 0 aliphatic rings. The van der Waals surface area contributed by atoms with Gasteiger partial charge in [-0.3, -0.25) is 14.2 Å². The van der Waals surface area contributed by atoms with Crippen molar-refractivity contribution in [2.24, 2.45) is 5.92 Å². The van der Waals surface area contributed by atoms with Crippen LogP contribution in [0.25, 0.3) is 10.9 Å². The zero-order valence-corrected chi connectivity index (χ0v) is 14.8. The molecule has 1 amide bonds. The van der Waals surface area contributed by atoms with E-state index in [-0.39, 0.29) is 25.3 Å². The average Bonchev–Trinajstić information content (AvgIpc) is 2.56. The van der Waals surface area contributed by atoms with Crippen molar-refractivity contribution in [1.82, 2.24) is 14.9 Å². The van der Waals surface area contributed by atoms with Crippen LogP contribution in [-0.2, 0) is 16.1 Å². The van der Waals surface area contributed by atoms with Gasteiger partial charge in [-0.15, -0.1) is 0 Å². The van der Waals surface area contributed by atoms with Gasteiger partial charge in [-0.2, -0.15) is 0 Å². The van der Waals surface area contributed by atoms with Crippen molar-refractivity contribution in [1.29, 1.82) is 0 Å². The van der Waals surface area contributed by atoms with Gasteiger partial charge < -0.3 is 15.4 Å². The predicted molar refractivity (Wildman–Crippen MR) is 97.1 cm³/mol. The molecule has 0 fully saturated rings. The van der Waals surface area contributed by atoms with Crippen molar-refractivity contribution in [2.45, 2.75) is 45.7 Å². The Labute approximate surface area is 149 Å². The molecule has 0 radical (unpaired) electrons. The van der Waals surface area contributed by atoms with Crippen LogP contribution in [0.15, 0.2) is 33.9 Å². The number of hydrogen-bond donors (Lipinski definition) is 3. The van der Waals surface area contributed by atoms with Gasteiger partial charge in [-0.1, -0.05) is 26.0 Å². The summed E-state index contributed by atoms with van der Waals surface area (Å²) in [6.07, 6.45) is 0.618. The number of aliphatic carboxylic acids is 1. The molecule has 0 aliphatic heterocycles. The molecular weight excluding hydrogens is 338 g/mol. The van der Waals surface area contributed by atoms with Crippen LogP contribution in [-0.4, -0.2) is 32.6 Å². The maximum atomic E-state index is 12.4. The number of H-pyrrole nitrogens is 1. The summed E-state index contributed by atoms with van der Waals surface area (Å²) < 4.78 is 1.05. The summed E-state index contributed by atoms with van der Waals surface area (Å²) in [7, 11) is 0. The Balaban J connectivity index is 2.00. The first-order valence-corrected chi connectivity index (χ1v) is 8.53. The number of benzene rings is 1. The van der Waals surface area contributed by atoms with E-state index in [1.165, 1.54) is 0 Å². The quantitative estimate of drug-likeness (QED) is 0.650. The first kappa shape index (κ1) is 19.4. The lowest BCUT2D eigenvalue weighted by molar-refractivity contribution is -0.142. The third-order valence-electron chi connectivity index (χ3n) is 4.02. The Kier molecular flexibility index (Phi) is 6.32. The molecule has 0 saturated carbocycles. The Bertz CT molecular complexity index is 913. The van der Waals surface area contributed by atoms with Crippen LogP contribution in [0.1, 0.15) is 33.1 Å². The van der Waals surface area contributed by atoms with E-state index in [0.717, 1.165) is 4.57 Å². The van der Waals surface area contributed by atoms with Gasteiger partial charge in [-0.25, -0.2) is 9.59 Å². The summed E-state index contributed by atoms with van der Waals surface area (Å²) in [6, 6.07) is 5.77. The molecule has 1 atom stereocenters. The molecule has 1 aromatic carbocycles. The molecule has 0 bridgehead atoms. The van der Waals surface area contributed by atoms with Crippen molar-refractivity contribution >= 4 is 22.8 Å². The highest BCUT2D eigenvalue weighted by Gasteiger charge is 2.20. The number of amides is 1. The zero-order chi connectivity index (χ0) is 19.3. The second-order valence-corrected chi connectivity index (χ2v) is 6.62. The number of nitrogens with one attached hydrogen (secondary N) is 2. The van der Waals surface area contributed by atoms with Crippen LogP contribution in [0.5, 0.6) is 0 Å². The lowest BCUT2D eigenvalue weighted by Crippen LogP contribution is -2.41. The summed E-state index contributed by atoms with van der Waals surface area (Å²) in [6.45, 7) is 3.83. The molecule has 1 unspecified atom stereocenters. The number of para-hydroxylation sites is 1. The number of carbonyl (C=O) groups excluding carboxylic acids is 1. The highest BCUT2D eigenvalue weighted by molar-refractivity contribution is 5.83. The Morgan fingerprint density at radius 1 is 1.23 bits per heavy atom. The molecule has 0 aliphatic carbocycles. The summed E-state index contributed by atoms with van der Waals surface area (Å²) in [4.78, 5) is 50.2. The van der Waals surface area contributed by atoms with Crippen molar-refractivity contribution < 1.29 is 14.7 Å². The largest absolute Gasteiger partial charge is 0.480 e. The first-order chi connectivity index (χ1) is 12.3. The van der Waals surface area contributed by atoms with Crippen LogP contribution in [0, 0.1) is 5.92 Å². The maximum absolute atomic E-state index is 12.4. The Hall–Kier alpha value is -2.90. The zero-order valence-electron chi connectivity index (χ0n) is 14.8. The molecule has 3 N–H and O–H groups in total. The molecule has 1 heterocycles. The number of fused-ring (bicyclic) bond motifs is 1. The minimum Gasteiger partial charge on any atom is -0.480 e. The lowest BCUT2D eigenvalue weighted by Gasteiger charge is -2.16. The standard InChI is InChI=1S/C18H23N3O5/c1-11(2)10-14(17(24)25)19-15(22)8-5-9-21-16(23)12-6-3-4-7-13(12)20-18(21)26/h3-4,6-7,11,14H,5,8-10H2,1-2H3,(H,19,22)(H,20,26)(H,24,25). The van der Waals surface area contributed by atoms with Gasteiger partial charge in [0.25, 0.3) is 5.56 Å². The van der Waals surface area contributed by atoms with E-state index in [0.29, 0.717) is 17.3 Å². The van der Waals surface area contributed by atoms with Crippen molar-refractivity contribution in [3.8, 4) is 0 Å². The molecule has 26 heavy (non-hydrogen) atoms. The van der Waals surface area contributed by atoms with Gasteiger partial charge in [0.1, 0.15) is 6.04 Å². The fourth-order valence-corrected chi connectivity index (χ4v) is 2.76. The van der Waals surface area contributed by atoms with Gasteiger partial charge in [0.15, 0.2) is 0 Å². The van der Waals surface area contributed by atoms with E-state index < -0.39 is 29.2 Å². The van der Waals surface area contributed by atoms with Crippen molar-refractivity contribution in [2.75, 3.05) is 0 Å². The summed E-state index contributed by atoms with van der Waals surface area (Å²) >= 11 is 0. The second-order valence-electron chi connectivity index (χ2n) is 6.62. The van der Waals surface area contributed by atoms with Crippen LogP contribution < -0.4 is 16.6 Å². The summed E-state index contributed by atoms with van der Waals surface area (Å²) in [5.41, 5.74) is -0.472. The molecule has 140 valence electrons. The highest BCUT2D eigenvalue weighted by atomic mass is 16.4. The van der Waals surface area contributed by atoms with Gasteiger partial charge in [0.05, 0.1) is 10.9 Å². The SMILES string of the molecule is CC(C)CC(NC(=O)CCCn1c(=O)[nH]c2ccccc2c1=O)C(=O)O. The Morgan fingerprint density at radius 3 is 2.58 bits per heavy atom. The molecule has 8 nitrogen and oxygen atoms in total. The monoisotopic (exact) mass is 361 g/mol. The molecular formula is C18H23N3O5. The topological polar surface area (TPSA) is 121 Å². The van der Waals surface area contributed by atoms with Crippen LogP contribution in [0.4, 0.5) is 0 Å².